The summed E-state index contributed by atoms with van der Waals surface area (Å²) in [5, 5.41) is 3.74. The molecular formula is C16H11F3N2O. The van der Waals surface area contributed by atoms with Crippen LogP contribution in [0.3, 0.4) is 0 Å². The third-order valence-corrected chi connectivity index (χ3v) is 3.46. The smallest absolute Gasteiger partial charge is 0.240 e. The van der Waals surface area contributed by atoms with Crippen LogP contribution in [0, 0.1) is 17.5 Å². The summed E-state index contributed by atoms with van der Waals surface area (Å²) >= 11 is 0. The summed E-state index contributed by atoms with van der Waals surface area (Å²) in [6, 6.07) is 8.24. The van der Waals surface area contributed by atoms with Crippen LogP contribution in [0.15, 0.2) is 41.5 Å². The van der Waals surface area contributed by atoms with E-state index in [0.29, 0.717) is 0 Å². The zero-order chi connectivity index (χ0) is 15.7. The highest BCUT2D eigenvalue weighted by molar-refractivity contribution is 6.04. The molecule has 22 heavy (non-hydrogen) atoms. The molecule has 1 amide bonds. The Morgan fingerprint density at radius 1 is 0.864 bits per heavy atom. The highest BCUT2D eigenvalue weighted by Crippen LogP contribution is 2.29. The molecule has 0 fully saturated rings. The Labute approximate surface area is 124 Å². The molecular weight excluding hydrogens is 293 g/mol. The minimum Gasteiger partial charge on any atom is -0.273 e. The van der Waals surface area contributed by atoms with Gasteiger partial charge in [0.2, 0.25) is 5.91 Å². The molecule has 0 atom stereocenters. The quantitative estimate of drug-likeness (QED) is 0.908. The molecule has 1 aliphatic rings. The van der Waals surface area contributed by atoms with Crippen LogP contribution >= 0.6 is 0 Å². The Kier molecular flexibility index (Phi) is 3.66. The minimum atomic E-state index is -1.14. The van der Waals surface area contributed by atoms with Crippen molar-refractivity contribution in [3.05, 3.63) is 59.4 Å². The van der Waals surface area contributed by atoms with Crippen molar-refractivity contribution < 1.29 is 18.0 Å². The van der Waals surface area contributed by atoms with E-state index in [1.165, 1.54) is 30.3 Å². The van der Waals surface area contributed by atoms with Gasteiger partial charge >= 0.3 is 0 Å². The van der Waals surface area contributed by atoms with Gasteiger partial charge in [-0.1, -0.05) is 24.3 Å². The highest BCUT2D eigenvalue weighted by Gasteiger charge is 2.21. The second kappa shape index (κ2) is 5.63. The van der Waals surface area contributed by atoms with Crippen LogP contribution in [0.2, 0.25) is 0 Å². The van der Waals surface area contributed by atoms with E-state index in [1.807, 2.05) is 0 Å². The number of carbonyl (C=O) groups is 1. The first kappa shape index (κ1) is 14.3. The predicted octanol–water partition coefficient (Wildman–Crippen LogP) is 3.39. The summed E-state index contributed by atoms with van der Waals surface area (Å²) in [4.78, 5) is 11.0. The molecule has 1 aliphatic heterocycles. The van der Waals surface area contributed by atoms with Gasteiger partial charge in [-0.3, -0.25) is 4.79 Å². The topological polar surface area (TPSA) is 41.5 Å². The molecule has 6 heteroatoms. The molecule has 0 aliphatic carbocycles. The average molecular weight is 304 g/mol. The third kappa shape index (κ3) is 2.47. The fourth-order valence-electron chi connectivity index (χ4n) is 2.33. The van der Waals surface area contributed by atoms with E-state index in [4.69, 9.17) is 0 Å². The Balaban J connectivity index is 2.06. The largest absolute Gasteiger partial charge is 0.273 e. The van der Waals surface area contributed by atoms with Gasteiger partial charge in [0, 0.05) is 29.5 Å². The van der Waals surface area contributed by atoms with E-state index in [2.05, 4.69) is 10.5 Å². The maximum atomic E-state index is 14.3. The molecule has 112 valence electrons. The molecule has 3 nitrogen and oxygen atoms in total. The van der Waals surface area contributed by atoms with Crippen molar-refractivity contribution in [1.82, 2.24) is 5.43 Å². The van der Waals surface area contributed by atoms with E-state index in [0.717, 1.165) is 0 Å². The van der Waals surface area contributed by atoms with Crippen LogP contribution < -0.4 is 5.43 Å². The van der Waals surface area contributed by atoms with Crippen LogP contribution in [0.4, 0.5) is 13.2 Å². The fraction of sp³-hybridized carbons (Fsp3) is 0.125. The third-order valence-electron chi connectivity index (χ3n) is 3.46. The molecule has 0 radical (unpaired) electrons. The van der Waals surface area contributed by atoms with Gasteiger partial charge in [0.25, 0.3) is 0 Å². The first-order valence-corrected chi connectivity index (χ1v) is 6.66. The number of rotatable bonds is 2. The van der Waals surface area contributed by atoms with Crippen LogP contribution in [0.25, 0.3) is 11.1 Å². The molecule has 1 N–H and O–H groups in total. The number of benzene rings is 2. The molecule has 1 heterocycles. The van der Waals surface area contributed by atoms with Crippen molar-refractivity contribution in [2.24, 2.45) is 5.10 Å². The zero-order valence-corrected chi connectivity index (χ0v) is 11.4. The lowest BCUT2D eigenvalue weighted by Crippen LogP contribution is -2.26. The van der Waals surface area contributed by atoms with Gasteiger partial charge in [0.1, 0.15) is 5.82 Å². The van der Waals surface area contributed by atoms with Crippen LogP contribution in [0.5, 0.6) is 0 Å². The van der Waals surface area contributed by atoms with E-state index in [1.54, 1.807) is 6.07 Å². The van der Waals surface area contributed by atoms with Gasteiger partial charge < -0.3 is 0 Å². The van der Waals surface area contributed by atoms with Crippen molar-refractivity contribution in [3.8, 4) is 11.1 Å². The number of amides is 1. The number of hydrogen-bond acceptors (Lipinski definition) is 2. The van der Waals surface area contributed by atoms with Crippen molar-refractivity contribution in [2.75, 3.05) is 0 Å². The normalized spacial score (nSPS) is 14.5. The number of carbonyl (C=O) groups excluding carboxylic acids is 1. The van der Waals surface area contributed by atoms with Crippen LogP contribution in [-0.2, 0) is 4.79 Å². The lowest BCUT2D eigenvalue weighted by molar-refractivity contribution is -0.121. The van der Waals surface area contributed by atoms with Gasteiger partial charge in [-0.25, -0.2) is 18.6 Å². The summed E-state index contributed by atoms with van der Waals surface area (Å²) in [6.45, 7) is 0. The number of halogens is 3. The first-order chi connectivity index (χ1) is 10.6. The molecule has 2 aromatic carbocycles. The van der Waals surface area contributed by atoms with E-state index >= 15 is 0 Å². The SMILES string of the molecule is O=C1CCC(c2ccc(-c3ccccc3F)c(F)c2F)=NN1. The second-order valence-electron chi connectivity index (χ2n) is 4.86. The number of nitrogens with one attached hydrogen (secondary N) is 1. The molecule has 0 bridgehead atoms. The Bertz CT molecular complexity index is 787. The number of hydrazone groups is 1. The molecule has 0 spiro atoms. The van der Waals surface area contributed by atoms with E-state index in [9.17, 15) is 18.0 Å². The molecule has 0 aromatic heterocycles. The van der Waals surface area contributed by atoms with E-state index < -0.39 is 17.5 Å². The fourth-order valence-corrected chi connectivity index (χ4v) is 2.33. The van der Waals surface area contributed by atoms with Crippen molar-refractivity contribution in [1.29, 1.82) is 0 Å². The van der Waals surface area contributed by atoms with Gasteiger partial charge in [-0.05, 0) is 12.1 Å². The van der Waals surface area contributed by atoms with E-state index in [-0.39, 0.29) is 41.2 Å². The van der Waals surface area contributed by atoms with Crippen molar-refractivity contribution in [3.63, 3.8) is 0 Å². The van der Waals surface area contributed by atoms with Crippen LogP contribution in [0.1, 0.15) is 18.4 Å². The monoisotopic (exact) mass is 304 g/mol. The first-order valence-electron chi connectivity index (χ1n) is 6.66. The second-order valence-corrected chi connectivity index (χ2v) is 4.86. The minimum absolute atomic E-state index is 0.00987. The number of nitrogens with zero attached hydrogens (tertiary/aromatic N) is 1. The number of hydrogen-bond donors (Lipinski definition) is 1. The standard InChI is InChI=1S/C16H11F3N2O/c17-12-4-2-1-3-9(12)10-5-6-11(16(19)15(10)18)13-7-8-14(22)21-20-13/h1-6H,7-8H2,(H,21,22). The summed E-state index contributed by atoms with van der Waals surface area (Å²) in [7, 11) is 0. The van der Waals surface area contributed by atoms with Gasteiger partial charge in [-0.15, -0.1) is 0 Å². The maximum absolute atomic E-state index is 14.3. The Morgan fingerprint density at radius 3 is 2.23 bits per heavy atom. The summed E-state index contributed by atoms with van der Waals surface area (Å²) < 4.78 is 42.3. The van der Waals surface area contributed by atoms with Crippen LogP contribution in [-0.4, -0.2) is 11.6 Å². The Hall–Kier alpha value is -2.63. The zero-order valence-electron chi connectivity index (χ0n) is 11.4. The molecule has 3 rings (SSSR count). The summed E-state index contributed by atoms with van der Waals surface area (Å²) in [5.41, 5.74) is 2.30. The predicted molar refractivity (Wildman–Crippen MR) is 75.7 cm³/mol. The molecule has 0 unspecified atom stereocenters. The van der Waals surface area contributed by atoms with Crippen molar-refractivity contribution >= 4 is 11.6 Å². The molecule has 0 saturated carbocycles. The lowest BCUT2D eigenvalue weighted by Gasteiger charge is -2.14. The van der Waals surface area contributed by atoms with Gasteiger partial charge in [0.15, 0.2) is 11.6 Å². The highest BCUT2D eigenvalue weighted by atomic mass is 19.2. The van der Waals surface area contributed by atoms with Crippen molar-refractivity contribution in [2.45, 2.75) is 12.8 Å². The Morgan fingerprint density at radius 2 is 1.55 bits per heavy atom. The maximum Gasteiger partial charge on any atom is 0.240 e. The van der Waals surface area contributed by atoms with Gasteiger partial charge in [0.05, 0.1) is 5.71 Å². The molecule has 0 saturated heterocycles. The summed E-state index contributed by atoms with van der Waals surface area (Å²) in [6.07, 6.45) is 0.385. The van der Waals surface area contributed by atoms with Gasteiger partial charge in [-0.2, -0.15) is 5.10 Å². The summed E-state index contributed by atoms with van der Waals surface area (Å²) in [5.74, 6) is -3.14. The molecule has 2 aromatic rings. The lowest BCUT2D eigenvalue weighted by atomic mass is 9.98. The average Bonchev–Trinajstić information content (AvgIpc) is 2.52.